The molecule has 4 nitrogen and oxygen atoms in total. The number of carbonyl (C=O) groups excluding carboxylic acids is 2. The summed E-state index contributed by atoms with van der Waals surface area (Å²) < 4.78 is 0.320. The van der Waals surface area contributed by atoms with Gasteiger partial charge in [0.15, 0.2) is 4.32 Å². The SMILES string of the molecule is CC(=Cc1ccccc1)/C=C1\SC(=S)N(NC(=O)Cc2ccccc2)C1=O. The first kappa shape index (κ1) is 19.1. The topological polar surface area (TPSA) is 49.4 Å². The average molecular weight is 395 g/mol. The molecule has 1 fully saturated rings. The predicted octanol–water partition coefficient (Wildman–Crippen LogP) is 4.11. The van der Waals surface area contributed by atoms with Crippen molar-refractivity contribution in [3.05, 3.63) is 88.3 Å². The van der Waals surface area contributed by atoms with E-state index in [2.05, 4.69) is 5.43 Å². The van der Waals surface area contributed by atoms with Crippen LogP contribution in [0.25, 0.3) is 6.08 Å². The van der Waals surface area contributed by atoms with E-state index in [1.807, 2.05) is 73.7 Å². The molecule has 0 aliphatic carbocycles. The fourth-order valence-corrected chi connectivity index (χ4v) is 3.80. The number of nitrogens with zero attached hydrogens (tertiary/aromatic N) is 1. The zero-order chi connectivity index (χ0) is 19.2. The van der Waals surface area contributed by atoms with E-state index in [9.17, 15) is 9.59 Å². The molecule has 3 rings (SSSR count). The van der Waals surface area contributed by atoms with Gasteiger partial charge in [0.1, 0.15) is 0 Å². The molecule has 0 aromatic heterocycles. The molecule has 136 valence electrons. The zero-order valence-electron chi connectivity index (χ0n) is 14.7. The largest absolute Gasteiger partial charge is 0.285 e. The molecule has 1 aliphatic rings. The van der Waals surface area contributed by atoms with Crippen molar-refractivity contribution in [1.82, 2.24) is 10.4 Å². The highest BCUT2D eigenvalue weighted by molar-refractivity contribution is 8.26. The summed E-state index contributed by atoms with van der Waals surface area (Å²) in [4.78, 5) is 25.3. The second-order valence-corrected chi connectivity index (χ2v) is 7.69. The smallest absolute Gasteiger partial charge is 0.273 e. The molecule has 0 unspecified atom stereocenters. The molecular weight excluding hydrogens is 376 g/mol. The van der Waals surface area contributed by atoms with Gasteiger partial charge in [0.2, 0.25) is 5.91 Å². The Kier molecular flexibility index (Phi) is 6.21. The highest BCUT2D eigenvalue weighted by Crippen LogP contribution is 2.30. The maximum atomic E-state index is 12.6. The lowest BCUT2D eigenvalue weighted by molar-refractivity contribution is -0.132. The summed E-state index contributed by atoms with van der Waals surface area (Å²) in [5, 5.41) is 1.15. The van der Waals surface area contributed by atoms with Crippen molar-refractivity contribution >= 4 is 46.2 Å². The van der Waals surface area contributed by atoms with Crippen LogP contribution in [0.5, 0.6) is 0 Å². The number of hydrogen-bond donors (Lipinski definition) is 1. The minimum absolute atomic E-state index is 0.184. The number of allylic oxidation sites excluding steroid dienone is 2. The minimum atomic E-state index is -0.313. The molecule has 1 saturated heterocycles. The monoisotopic (exact) mass is 394 g/mol. The van der Waals surface area contributed by atoms with Gasteiger partial charge in [0.05, 0.1) is 11.3 Å². The molecule has 0 radical (unpaired) electrons. The second kappa shape index (κ2) is 8.79. The predicted molar refractivity (Wildman–Crippen MR) is 113 cm³/mol. The van der Waals surface area contributed by atoms with Crippen LogP contribution in [0.1, 0.15) is 18.1 Å². The van der Waals surface area contributed by atoms with Gasteiger partial charge in [-0.15, -0.1) is 0 Å². The summed E-state index contributed by atoms with van der Waals surface area (Å²) >= 11 is 6.44. The van der Waals surface area contributed by atoms with Gasteiger partial charge in [-0.05, 0) is 41.9 Å². The summed E-state index contributed by atoms with van der Waals surface area (Å²) in [5.74, 6) is -0.595. The summed E-state index contributed by atoms with van der Waals surface area (Å²) in [6.07, 6.45) is 3.96. The third-order valence-corrected chi connectivity index (χ3v) is 5.09. The fourth-order valence-electron chi connectivity index (χ4n) is 2.57. The highest BCUT2D eigenvalue weighted by Gasteiger charge is 2.33. The molecule has 1 aliphatic heterocycles. The van der Waals surface area contributed by atoms with Gasteiger partial charge in [-0.25, -0.2) is 0 Å². The van der Waals surface area contributed by atoms with Gasteiger partial charge in [0, 0.05) is 0 Å². The lowest BCUT2D eigenvalue weighted by Crippen LogP contribution is -2.45. The fraction of sp³-hybridized carbons (Fsp3) is 0.0952. The van der Waals surface area contributed by atoms with Crippen molar-refractivity contribution < 1.29 is 9.59 Å². The van der Waals surface area contributed by atoms with Gasteiger partial charge >= 0.3 is 0 Å². The van der Waals surface area contributed by atoms with E-state index in [1.54, 1.807) is 6.08 Å². The Morgan fingerprint density at radius 1 is 1.11 bits per heavy atom. The van der Waals surface area contributed by atoms with E-state index in [0.717, 1.165) is 21.7 Å². The first-order valence-electron chi connectivity index (χ1n) is 8.37. The molecule has 6 heteroatoms. The average Bonchev–Trinajstić information content (AvgIpc) is 2.90. The maximum absolute atomic E-state index is 12.6. The molecule has 0 bridgehead atoms. The first-order chi connectivity index (χ1) is 13.0. The number of rotatable bonds is 5. The molecule has 1 N–H and O–H groups in total. The normalized spacial score (nSPS) is 16.1. The quantitative estimate of drug-likeness (QED) is 0.613. The number of hydrogen-bond acceptors (Lipinski definition) is 4. The number of amides is 2. The third kappa shape index (κ3) is 5.15. The van der Waals surface area contributed by atoms with Crippen LogP contribution in [0.15, 0.2) is 77.2 Å². The van der Waals surface area contributed by atoms with Crippen LogP contribution >= 0.6 is 24.0 Å². The van der Waals surface area contributed by atoms with Crippen LogP contribution in [-0.2, 0) is 16.0 Å². The van der Waals surface area contributed by atoms with Crippen LogP contribution < -0.4 is 5.43 Å². The van der Waals surface area contributed by atoms with Gasteiger partial charge in [0.25, 0.3) is 5.91 Å². The summed E-state index contributed by atoms with van der Waals surface area (Å²) in [7, 11) is 0. The van der Waals surface area contributed by atoms with Crippen molar-refractivity contribution in [2.45, 2.75) is 13.3 Å². The Hall–Kier alpha value is -2.70. The van der Waals surface area contributed by atoms with Crippen LogP contribution in [0.4, 0.5) is 0 Å². The lowest BCUT2D eigenvalue weighted by Gasteiger charge is -2.15. The molecule has 2 aromatic carbocycles. The van der Waals surface area contributed by atoms with Crippen LogP contribution in [0.2, 0.25) is 0 Å². The van der Waals surface area contributed by atoms with E-state index in [0.29, 0.717) is 9.23 Å². The molecule has 2 amide bonds. The number of thiocarbonyl (C=S) groups is 1. The molecular formula is C21H18N2O2S2. The summed E-state index contributed by atoms with van der Waals surface area (Å²) in [6, 6.07) is 19.2. The molecule has 0 atom stereocenters. The highest BCUT2D eigenvalue weighted by atomic mass is 32.2. The Morgan fingerprint density at radius 2 is 1.74 bits per heavy atom. The van der Waals surface area contributed by atoms with E-state index in [4.69, 9.17) is 12.2 Å². The number of thioether (sulfide) groups is 1. The lowest BCUT2D eigenvalue weighted by atomic mass is 10.1. The van der Waals surface area contributed by atoms with Crippen molar-refractivity contribution in [2.24, 2.45) is 0 Å². The molecule has 0 spiro atoms. The molecule has 27 heavy (non-hydrogen) atoms. The summed E-state index contributed by atoms with van der Waals surface area (Å²) in [6.45, 7) is 1.92. The molecule has 0 saturated carbocycles. The van der Waals surface area contributed by atoms with Crippen molar-refractivity contribution in [2.75, 3.05) is 0 Å². The van der Waals surface area contributed by atoms with E-state index in [1.165, 1.54) is 11.8 Å². The van der Waals surface area contributed by atoms with E-state index in [-0.39, 0.29) is 18.2 Å². The Labute approximate surface area is 167 Å². The van der Waals surface area contributed by atoms with E-state index < -0.39 is 0 Å². The maximum Gasteiger partial charge on any atom is 0.285 e. The van der Waals surface area contributed by atoms with E-state index >= 15 is 0 Å². The van der Waals surface area contributed by atoms with Gasteiger partial charge in [-0.2, -0.15) is 5.01 Å². The van der Waals surface area contributed by atoms with Crippen LogP contribution in [-0.4, -0.2) is 21.1 Å². The Balaban J connectivity index is 1.67. The van der Waals surface area contributed by atoms with Crippen LogP contribution in [0, 0.1) is 0 Å². The number of nitrogens with one attached hydrogen (secondary N) is 1. The minimum Gasteiger partial charge on any atom is -0.273 e. The molecule has 2 aromatic rings. The third-order valence-electron chi connectivity index (χ3n) is 3.79. The van der Waals surface area contributed by atoms with Crippen LogP contribution in [0.3, 0.4) is 0 Å². The van der Waals surface area contributed by atoms with Gasteiger partial charge in [-0.1, -0.05) is 78.5 Å². The van der Waals surface area contributed by atoms with Gasteiger partial charge < -0.3 is 0 Å². The standard InChI is InChI=1S/C21H18N2O2S2/c1-15(12-16-8-4-2-5-9-16)13-18-20(25)23(21(26)27-18)22-19(24)14-17-10-6-3-7-11-17/h2-13H,14H2,1H3,(H,22,24)/b15-12?,18-13-. The first-order valence-corrected chi connectivity index (χ1v) is 9.60. The number of hydrazine groups is 1. The number of benzene rings is 2. The second-order valence-electron chi connectivity index (χ2n) is 6.01. The van der Waals surface area contributed by atoms with Crippen molar-refractivity contribution in [3.8, 4) is 0 Å². The Bertz CT molecular complexity index is 922. The van der Waals surface area contributed by atoms with Gasteiger partial charge in [-0.3, -0.25) is 15.0 Å². The Morgan fingerprint density at radius 3 is 2.41 bits per heavy atom. The van der Waals surface area contributed by atoms with Crippen molar-refractivity contribution in [1.29, 1.82) is 0 Å². The van der Waals surface area contributed by atoms with Crippen molar-refractivity contribution in [3.63, 3.8) is 0 Å². The summed E-state index contributed by atoms with van der Waals surface area (Å²) in [5.41, 5.74) is 5.46. The number of carbonyl (C=O) groups is 2. The molecule has 1 heterocycles. The zero-order valence-corrected chi connectivity index (χ0v) is 16.3.